The average Bonchev–Trinajstić information content (AvgIpc) is 2.76. The first-order valence-corrected chi connectivity index (χ1v) is 5.52. The Morgan fingerprint density at radius 3 is 2.88 bits per heavy atom. The largest absolute Gasteiger partial charge is 0.339 e. The normalized spacial score (nSPS) is 10.1. The fourth-order valence-corrected chi connectivity index (χ4v) is 1.67. The van der Waals surface area contributed by atoms with Crippen molar-refractivity contribution in [1.82, 2.24) is 10.1 Å². The molecule has 0 unspecified atom stereocenters. The molecule has 0 radical (unpaired) electrons. The predicted molar refractivity (Wildman–Crippen MR) is 62.2 cm³/mol. The molecular weight excluding hydrogens is 214 g/mol. The highest BCUT2D eigenvalue weighted by Gasteiger charge is 2.06. The van der Waals surface area contributed by atoms with Crippen molar-refractivity contribution in [2.24, 2.45) is 0 Å². The van der Waals surface area contributed by atoms with Crippen molar-refractivity contribution in [3.05, 3.63) is 47.1 Å². The van der Waals surface area contributed by atoms with E-state index in [2.05, 4.69) is 29.2 Å². The Morgan fingerprint density at radius 1 is 1.29 bits per heavy atom. The summed E-state index contributed by atoms with van der Waals surface area (Å²) in [6, 6.07) is 10.2. The highest BCUT2D eigenvalue weighted by molar-refractivity contribution is 5.25. The Bertz CT molecular complexity index is 540. The van der Waals surface area contributed by atoms with Crippen LogP contribution in [0.5, 0.6) is 0 Å². The van der Waals surface area contributed by atoms with E-state index < -0.39 is 0 Å². The molecule has 0 aliphatic heterocycles. The van der Waals surface area contributed by atoms with E-state index in [4.69, 9.17) is 9.78 Å². The van der Waals surface area contributed by atoms with E-state index in [1.807, 2.05) is 18.2 Å². The average molecular weight is 227 g/mol. The van der Waals surface area contributed by atoms with Crippen LogP contribution in [0.2, 0.25) is 0 Å². The molecule has 0 atom stereocenters. The lowest BCUT2D eigenvalue weighted by Gasteiger charge is -2.02. The highest BCUT2D eigenvalue weighted by atomic mass is 16.5. The van der Waals surface area contributed by atoms with Gasteiger partial charge in [0, 0.05) is 6.42 Å². The molecule has 0 aliphatic rings. The third-order valence-corrected chi connectivity index (χ3v) is 2.62. The summed E-state index contributed by atoms with van der Waals surface area (Å²) in [5.74, 6) is 1.06. The Kier molecular flexibility index (Phi) is 3.51. The molecule has 4 heteroatoms. The van der Waals surface area contributed by atoms with Crippen LogP contribution in [0.3, 0.4) is 0 Å². The Labute approximate surface area is 99.9 Å². The van der Waals surface area contributed by atoms with Gasteiger partial charge in [0.05, 0.1) is 12.5 Å². The van der Waals surface area contributed by atoms with Gasteiger partial charge in [-0.2, -0.15) is 10.2 Å². The first kappa shape index (κ1) is 11.3. The number of hydrogen-bond donors (Lipinski definition) is 0. The van der Waals surface area contributed by atoms with Crippen LogP contribution >= 0.6 is 0 Å². The van der Waals surface area contributed by atoms with Gasteiger partial charge >= 0.3 is 0 Å². The van der Waals surface area contributed by atoms with E-state index >= 15 is 0 Å². The second-order valence-corrected chi connectivity index (χ2v) is 3.87. The van der Waals surface area contributed by atoms with Crippen LogP contribution in [0.25, 0.3) is 0 Å². The van der Waals surface area contributed by atoms with Crippen LogP contribution in [0.1, 0.15) is 22.8 Å². The van der Waals surface area contributed by atoms with Crippen molar-refractivity contribution in [3.63, 3.8) is 0 Å². The molecule has 17 heavy (non-hydrogen) atoms. The van der Waals surface area contributed by atoms with Gasteiger partial charge in [0.25, 0.3) is 0 Å². The summed E-state index contributed by atoms with van der Waals surface area (Å²) in [7, 11) is 0. The molecule has 4 nitrogen and oxygen atoms in total. The molecule has 0 aliphatic carbocycles. The van der Waals surface area contributed by atoms with Crippen LogP contribution < -0.4 is 0 Å². The third kappa shape index (κ3) is 2.91. The lowest BCUT2D eigenvalue weighted by Crippen LogP contribution is -1.94. The third-order valence-electron chi connectivity index (χ3n) is 2.62. The zero-order valence-corrected chi connectivity index (χ0v) is 9.68. The summed E-state index contributed by atoms with van der Waals surface area (Å²) in [5, 5.41) is 12.2. The molecule has 0 N–H and O–H groups in total. The summed E-state index contributed by atoms with van der Waals surface area (Å²) in [5.41, 5.74) is 2.55. The van der Waals surface area contributed by atoms with Gasteiger partial charge in [-0.15, -0.1) is 0 Å². The smallest absolute Gasteiger partial charge is 0.227 e. The molecule has 0 bridgehead atoms. The first-order valence-electron chi connectivity index (χ1n) is 5.52. The monoisotopic (exact) mass is 227 g/mol. The molecule has 2 rings (SSSR count). The molecule has 1 aromatic carbocycles. The zero-order chi connectivity index (χ0) is 12.1. The van der Waals surface area contributed by atoms with Crippen LogP contribution in [-0.2, 0) is 19.3 Å². The number of rotatable bonds is 4. The van der Waals surface area contributed by atoms with Crippen LogP contribution in [0, 0.1) is 18.3 Å². The fraction of sp³-hybridized carbons (Fsp3) is 0.308. The lowest BCUT2D eigenvalue weighted by molar-refractivity contribution is 0.374. The van der Waals surface area contributed by atoms with Gasteiger partial charge in [0.1, 0.15) is 0 Å². The molecule has 0 amide bonds. The SMILES string of the molecule is Cc1ccccc1CCc1nc(CC#N)no1. The molecule has 0 saturated heterocycles. The first-order chi connectivity index (χ1) is 8.29. The molecular formula is C13H13N3O. The number of nitrogens with zero attached hydrogens (tertiary/aromatic N) is 3. The molecule has 0 saturated carbocycles. The van der Waals surface area contributed by atoms with Crippen LogP contribution in [0.15, 0.2) is 28.8 Å². The lowest BCUT2D eigenvalue weighted by atomic mass is 10.0. The molecule has 0 fully saturated rings. The maximum absolute atomic E-state index is 8.50. The minimum atomic E-state index is 0.202. The Hall–Kier alpha value is -2.15. The number of hydrogen-bond acceptors (Lipinski definition) is 4. The quantitative estimate of drug-likeness (QED) is 0.803. The van der Waals surface area contributed by atoms with Crippen molar-refractivity contribution >= 4 is 0 Å². The van der Waals surface area contributed by atoms with Crippen molar-refractivity contribution in [2.75, 3.05) is 0 Å². The number of aromatic nitrogens is 2. The van der Waals surface area contributed by atoms with Crippen molar-refractivity contribution in [1.29, 1.82) is 5.26 Å². The van der Waals surface area contributed by atoms with E-state index in [1.54, 1.807) is 0 Å². The van der Waals surface area contributed by atoms with Crippen molar-refractivity contribution < 1.29 is 4.52 Å². The Balaban J connectivity index is 1.98. The van der Waals surface area contributed by atoms with Gasteiger partial charge in [-0.1, -0.05) is 29.4 Å². The van der Waals surface area contributed by atoms with E-state index in [1.165, 1.54) is 11.1 Å². The molecule has 86 valence electrons. The maximum Gasteiger partial charge on any atom is 0.227 e. The van der Waals surface area contributed by atoms with Gasteiger partial charge < -0.3 is 4.52 Å². The predicted octanol–water partition coefficient (Wildman–Crippen LogP) is 2.23. The standard InChI is InChI=1S/C13H13N3O/c1-10-4-2-3-5-11(10)6-7-13-15-12(8-9-14)16-17-13/h2-5H,6-8H2,1H3. The topological polar surface area (TPSA) is 62.7 Å². The van der Waals surface area contributed by atoms with E-state index in [9.17, 15) is 0 Å². The summed E-state index contributed by atoms with van der Waals surface area (Å²) < 4.78 is 5.07. The second-order valence-electron chi connectivity index (χ2n) is 3.87. The summed E-state index contributed by atoms with van der Waals surface area (Å²) >= 11 is 0. The summed E-state index contributed by atoms with van der Waals surface area (Å²) in [4.78, 5) is 4.14. The maximum atomic E-state index is 8.50. The minimum absolute atomic E-state index is 0.202. The summed E-state index contributed by atoms with van der Waals surface area (Å²) in [6.07, 6.45) is 1.79. The van der Waals surface area contributed by atoms with Crippen molar-refractivity contribution in [3.8, 4) is 6.07 Å². The fourth-order valence-electron chi connectivity index (χ4n) is 1.67. The van der Waals surface area contributed by atoms with Gasteiger partial charge in [-0.25, -0.2) is 0 Å². The highest BCUT2D eigenvalue weighted by Crippen LogP contribution is 2.10. The van der Waals surface area contributed by atoms with E-state index in [0.29, 0.717) is 18.1 Å². The molecule has 2 aromatic rings. The van der Waals surface area contributed by atoms with E-state index in [0.717, 1.165) is 6.42 Å². The van der Waals surface area contributed by atoms with Gasteiger partial charge in [0.2, 0.25) is 5.89 Å². The van der Waals surface area contributed by atoms with Gasteiger partial charge in [0.15, 0.2) is 5.82 Å². The van der Waals surface area contributed by atoms with Gasteiger partial charge in [-0.3, -0.25) is 0 Å². The van der Waals surface area contributed by atoms with Gasteiger partial charge in [-0.05, 0) is 24.5 Å². The number of benzene rings is 1. The number of aryl methyl sites for hydroxylation is 3. The minimum Gasteiger partial charge on any atom is -0.339 e. The van der Waals surface area contributed by atoms with Crippen molar-refractivity contribution in [2.45, 2.75) is 26.2 Å². The molecule has 0 spiro atoms. The Morgan fingerprint density at radius 2 is 2.12 bits per heavy atom. The van der Waals surface area contributed by atoms with E-state index in [-0.39, 0.29) is 6.42 Å². The molecule has 1 aromatic heterocycles. The van der Waals surface area contributed by atoms with Crippen LogP contribution in [0.4, 0.5) is 0 Å². The molecule has 1 heterocycles. The second kappa shape index (κ2) is 5.26. The zero-order valence-electron chi connectivity index (χ0n) is 9.68. The summed E-state index contributed by atoms with van der Waals surface area (Å²) in [6.45, 7) is 2.09. The number of nitriles is 1. The van der Waals surface area contributed by atoms with Crippen LogP contribution in [-0.4, -0.2) is 10.1 Å².